The number of anilines is 1. The maximum Gasteiger partial charge on any atom is 0.305 e. The van der Waals surface area contributed by atoms with Gasteiger partial charge in [-0.2, -0.15) is 0 Å². The van der Waals surface area contributed by atoms with Crippen molar-refractivity contribution in [3.05, 3.63) is 24.3 Å². The molecule has 1 aromatic carbocycles. The third-order valence-electron chi connectivity index (χ3n) is 2.96. The molecule has 0 aromatic heterocycles. The number of aliphatic carboxylic acids is 1. The summed E-state index contributed by atoms with van der Waals surface area (Å²) in [4.78, 5) is 25.6. The molecular weight excluding hydrogens is 274 g/mol. The number of benzene rings is 1. The minimum atomic E-state index is -0.890. The van der Waals surface area contributed by atoms with Crippen molar-refractivity contribution >= 4 is 29.3 Å². The monoisotopic (exact) mass is 295 g/mol. The van der Waals surface area contributed by atoms with E-state index in [1.54, 1.807) is 16.7 Å². The van der Waals surface area contributed by atoms with Crippen LogP contribution in [0.1, 0.15) is 32.6 Å². The molecule has 0 aliphatic carbocycles. The fourth-order valence-corrected chi connectivity index (χ4v) is 2.30. The van der Waals surface area contributed by atoms with Gasteiger partial charge in [0.15, 0.2) is 0 Å². The number of nitrogens with zero attached hydrogens (tertiary/aromatic N) is 1. The Balaban J connectivity index is 2.89. The van der Waals surface area contributed by atoms with Crippen molar-refractivity contribution in [2.75, 3.05) is 17.7 Å². The summed E-state index contributed by atoms with van der Waals surface area (Å²) in [6.07, 6.45) is 4.16. The van der Waals surface area contributed by atoms with Crippen LogP contribution < -0.4 is 4.90 Å². The fourth-order valence-electron chi connectivity index (χ4n) is 1.85. The molecule has 0 aliphatic rings. The largest absolute Gasteiger partial charge is 0.481 e. The highest BCUT2D eigenvalue weighted by Gasteiger charge is 2.16. The van der Waals surface area contributed by atoms with Gasteiger partial charge in [-0.05, 0) is 30.9 Å². The molecule has 1 N–H and O–H groups in total. The number of rotatable bonds is 8. The lowest BCUT2D eigenvalue weighted by Gasteiger charge is -2.22. The summed E-state index contributed by atoms with van der Waals surface area (Å²) in [6, 6.07) is 7.64. The first-order valence-corrected chi connectivity index (χ1v) is 7.97. The molecule has 0 saturated heterocycles. The number of amides is 1. The average molecular weight is 295 g/mol. The molecule has 0 saturated carbocycles. The molecule has 1 rings (SSSR count). The van der Waals surface area contributed by atoms with Gasteiger partial charge in [0.1, 0.15) is 0 Å². The van der Waals surface area contributed by atoms with Crippen molar-refractivity contribution in [1.82, 2.24) is 0 Å². The highest BCUT2D eigenvalue weighted by molar-refractivity contribution is 7.98. The summed E-state index contributed by atoms with van der Waals surface area (Å²) in [6.45, 7) is 2.25. The van der Waals surface area contributed by atoms with Gasteiger partial charge in [-0.3, -0.25) is 9.59 Å². The average Bonchev–Trinajstić information content (AvgIpc) is 2.45. The standard InChI is InChI=1S/C15H21NO3S/c1-3-4-8-14(17)16(10-9-15(18)19)12-6-5-7-13(11-12)20-2/h5-7,11H,3-4,8-10H2,1-2H3,(H,18,19). The highest BCUT2D eigenvalue weighted by Crippen LogP contribution is 2.23. The van der Waals surface area contributed by atoms with Gasteiger partial charge < -0.3 is 10.0 Å². The molecule has 4 nitrogen and oxygen atoms in total. The van der Waals surface area contributed by atoms with Crippen LogP contribution in [0.15, 0.2) is 29.2 Å². The number of unbranched alkanes of at least 4 members (excludes halogenated alkanes) is 1. The Kier molecular flexibility index (Phi) is 7.15. The van der Waals surface area contributed by atoms with Crippen LogP contribution in [-0.2, 0) is 9.59 Å². The summed E-state index contributed by atoms with van der Waals surface area (Å²) in [7, 11) is 0. The van der Waals surface area contributed by atoms with E-state index in [0.29, 0.717) is 6.42 Å². The molecule has 0 aliphatic heterocycles. The normalized spacial score (nSPS) is 10.3. The Morgan fingerprint density at radius 3 is 2.65 bits per heavy atom. The van der Waals surface area contributed by atoms with Gasteiger partial charge in [0, 0.05) is 23.5 Å². The molecule has 1 aromatic rings. The summed E-state index contributed by atoms with van der Waals surface area (Å²) < 4.78 is 0. The van der Waals surface area contributed by atoms with Crippen molar-refractivity contribution < 1.29 is 14.7 Å². The summed E-state index contributed by atoms with van der Waals surface area (Å²) in [5.41, 5.74) is 0.777. The van der Waals surface area contributed by atoms with E-state index >= 15 is 0 Å². The minimum absolute atomic E-state index is 0.00801. The summed E-state index contributed by atoms with van der Waals surface area (Å²) >= 11 is 1.60. The van der Waals surface area contributed by atoms with Crippen LogP contribution in [0.25, 0.3) is 0 Å². The van der Waals surface area contributed by atoms with Crippen LogP contribution in [0, 0.1) is 0 Å². The van der Waals surface area contributed by atoms with E-state index < -0.39 is 5.97 Å². The maximum absolute atomic E-state index is 12.2. The Morgan fingerprint density at radius 1 is 1.30 bits per heavy atom. The molecular formula is C15H21NO3S. The molecule has 5 heteroatoms. The molecule has 0 heterocycles. The first-order valence-electron chi connectivity index (χ1n) is 6.74. The second-order valence-corrected chi connectivity index (χ2v) is 5.37. The first-order chi connectivity index (χ1) is 9.58. The van der Waals surface area contributed by atoms with Gasteiger partial charge in [0.05, 0.1) is 6.42 Å². The number of hydrogen-bond donors (Lipinski definition) is 1. The molecule has 20 heavy (non-hydrogen) atoms. The van der Waals surface area contributed by atoms with E-state index in [4.69, 9.17) is 5.11 Å². The van der Waals surface area contributed by atoms with Crippen LogP contribution >= 0.6 is 11.8 Å². The SMILES string of the molecule is CCCCC(=O)N(CCC(=O)O)c1cccc(SC)c1. The molecule has 0 radical (unpaired) electrons. The van der Waals surface area contributed by atoms with Crippen LogP contribution in [0.4, 0.5) is 5.69 Å². The fraction of sp³-hybridized carbons (Fsp3) is 0.467. The van der Waals surface area contributed by atoms with Gasteiger partial charge >= 0.3 is 5.97 Å². The number of thioether (sulfide) groups is 1. The number of carbonyl (C=O) groups is 2. The second-order valence-electron chi connectivity index (χ2n) is 4.49. The third-order valence-corrected chi connectivity index (χ3v) is 3.68. The van der Waals surface area contributed by atoms with Crippen LogP contribution in [-0.4, -0.2) is 29.8 Å². The van der Waals surface area contributed by atoms with Crippen molar-refractivity contribution in [2.24, 2.45) is 0 Å². The van der Waals surface area contributed by atoms with E-state index in [9.17, 15) is 9.59 Å². The van der Waals surface area contributed by atoms with Gasteiger partial charge in [-0.15, -0.1) is 11.8 Å². The van der Waals surface area contributed by atoms with Gasteiger partial charge in [-0.1, -0.05) is 19.4 Å². The lowest BCUT2D eigenvalue weighted by Crippen LogP contribution is -2.32. The van der Waals surface area contributed by atoms with Crippen molar-refractivity contribution in [3.63, 3.8) is 0 Å². The smallest absolute Gasteiger partial charge is 0.305 e. The molecule has 110 valence electrons. The van der Waals surface area contributed by atoms with Crippen molar-refractivity contribution in [2.45, 2.75) is 37.5 Å². The molecule has 0 unspecified atom stereocenters. The quantitative estimate of drug-likeness (QED) is 0.747. The first kappa shape index (κ1) is 16.6. The van der Waals surface area contributed by atoms with Gasteiger partial charge in [-0.25, -0.2) is 0 Å². The van der Waals surface area contributed by atoms with Gasteiger partial charge in [0.2, 0.25) is 5.91 Å². The minimum Gasteiger partial charge on any atom is -0.481 e. The summed E-state index contributed by atoms with van der Waals surface area (Å²) in [5.74, 6) is -0.898. The van der Waals surface area contributed by atoms with Crippen molar-refractivity contribution in [1.29, 1.82) is 0 Å². The number of hydrogen-bond acceptors (Lipinski definition) is 3. The molecule has 0 spiro atoms. The molecule has 1 amide bonds. The van der Waals surface area contributed by atoms with E-state index in [2.05, 4.69) is 0 Å². The van der Waals surface area contributed by atoms with E-state index in [-0.39, 0.29) is 18.9 Å². The Labute approximate surface area is 124 Å². The zero-order chi connectivity index (χ0) is 15.0. The number of carbonyl (C=O) groups excluding carboxylic acids is 1. The topological polar surface area (TPSA) is 57.6 Å². The third kappa shape index (κ3) is 5.25. The lowest BCUT2D eigenvalue weighted by atomic mass is 10.2. The van der Waals surface area contributed by atoms with Crippen LogP contribution in [0.5, 0.6) is 0 Å². The van der Waals surface area contributed by atoms with Gasteiger partial charge in [0.25, 0.3) is 0 Å². The van der Waals surface area contributed by atoms with E-state index in [1.807, 2.05) is 37.4 Å². The molecule has 0 bridgehead atoms. The molecule has 0 atom stereocenters. The highest BCUT2D eigenvalue weighted by atomic mass is 32.2. The zero-order valence-electron chi connectivity index (χ0n) is 12.0. The number of carboxylic acids is 1. The summed E-state index contributed by atoms with van der Waals surface area (Å²) in [5, 5.41) is 8.83. The second kappa shape index (κ2) is 8.64. The maximum atomic E-state index is 12.2. The van der Waals surface area contributed by atoms with Crippen molar-refractivity contribution in [3.8, 4) is 0 Å². The lowest BCUT2D eigenvalue weighted by molar-refractivity contribution is -0.136. The van der Waals surface area contributed by atoms with Crippen LogP contribution in [0.2, 0.25) is 0 Å². The zero-order valence-corrected chi connectivity index (χ0v) is 12.8. The van der Waals surface area contributed by atoms with E-state index in [0.717, 1.165) is 23.4 Å². The van der Waals surface area contributed by atoms with E-state index in [1.165, 1.54) is 0 Å². The number of carboxylic acid groups (broad SMARTS) is 1. The Hall–Kier alpha value is -1.49. The Morgan fingerprint density at radius 2 is 2.05 bits per heavy atom. The predicted octanol–water partition coefficient (Wildman–Crippen LogP) is 3.41. The van der Waals surface area contributed by atoms with Crippen LogP contribution in [0.3, 0.4) is 0 Å². The predicted molar refractivity (Wildman–Crippen MR) is 82.4 cm³/mol. The molecule has 0 fully saturated rings. The Bertz CT molecular complexity index is 462.